The molecule has 3 rings (SSSR count). The lowest BCUT2D eigenvalue weighted by molar-refractivity contribution is -0.122. The number of nitrogens with two attached hydrogens (primary N) is 1. The minimum atomic E-state index is 0.0773. The molecule has 1 spiro atoms. The minimum Gasteiger partial charge on any atom is -0.375 e. The summed E-state index contributed by atoms with van der Waals surface area (Å²) in [7, 11) is 0. The van der Waals surface area contributed by atoms with Crippen molar-refractivity contribution in [3.63, 3.8) is 0 Å². The van der Waals surface area contributed by atoms with E-state index in [4.69, 9.17) is 10.5 Å². The molecule has 0 bridgehead atoms. The van der Waals surface area contributed by atoms with Crippen LogP contribution in [-0.4, -0.2) is 29.3 Å². The molecule has 1 saturated carbocycles. The van der Waals surface area contributed by atoms with Gasteiger partial charge >= 0.3 is 0 Å². The molecule has 0 aromatic rings. The van der Waals surface area contributed by atoms with E-state index in [0.717, 1.165) is 12.5 Å². The molecule has 4 unspecified atom stereocenters. The van der Waals surface area contributed by atoms with Crippen LogP contribution < -0.4 is 5.73 Å². The van der Waals surface area contributed by atoms with E-state index in [1.165, 1.54) is 56.5 Å². The van der Waals surface area contributed by atoms with E-state index in [1.807, 2.05) is 0 Å². The van der Waals surface area contributed by atoms with Crippen LogP contribution in [0.25, 0.3) is 0 Å². The van der Waals surface area contributed by atoms with Gasteiger partial charge in [0.2, 0.25) is 0 Å². The summed E-state index contributed by atoms with van der Waals surface area (Å²) in [6, 6.07) is 0. The molecule has 2 aliphatic heterocycles. The Kier molecular flexibility index (Phi) is 4.41. The Morgan fingerprint density at radius 3 is 2.55 bits per heavy atom. The lowest BCUT2D eigenvalue weighted by Gasteiger charge is -2.53. The molecule has 2 saturated heterocycles. The average Bonchev–Trinajstić information content (AvgIpc) is 2.44. The van der Waals surface area contributed by atoms with Crippen LogP contribution in [-0.2, 0) is 4.74 Å². The summed E-state index contributed by atoms with van der Waals surface area (Å²) in [5, 5.41) is 0. The van der Waals surface area contributed by atoms with Crippen molar-refractivity contribution in [2.75, 3.05) is 18.1 Å². The molecule has 3 heteroatoms. The van der Waals surface area contributed by atoms with Gasteiger partial charge < -0.3 is 10.5 Å². The second kappa shape index (κ2) is 5.81. The fraction of sp³-hybridized carbons (Fsp3) is 1.00. The van der Waals surface area contributed by atoms with Gasteiger partial charge in [0, 0.05) is 12.1 Å². The summed E-state index contributed by atoms with van der Waals surface area (Å²) in [5.74, 6) is 4.76. The van der Waals surface area contributed by atoms with Crippen LogP contribution in [0.4, 0.5) is 0 Å². The first-order chi connectivity index (χ1) is 9.54. The Bertz CT molecular complexity index is 336. The molecular formula is C17H31NOS. The van der Waals surface area contributed by atoms with Crippen LogP contribution in [0, 0.1) is 17.8 Å². The molecule has 3 aliphatic rings. The SMILES string of the molecule is CC1CCC(N)(C2CCOC3(CCSCC3)C2)C(C)C1. The van der Waals surface area contributed by atoms with Crippen molar-refractivity contribution < 1.29 is 4.74 Å². The molecule has 2 nitrogen and oxygen atoms in total. The number of hydrogen-bond donors (Lipinski definition) is 1. The van der Waals surface area contributed by atoms with E-state index < -0.39 is 0 Å². The molecule has 4 atom stereocenters. The third-order valence-corrected chi connectivity index (χ3v) is 7.39. The molecule has 20 heavy (non-hydrogen) atoms. The van der Waals surface area contributed by atoms with Crippen molar-refractivity contribution in [1.82, 2.24) is 0 Å². The normalized spacial score (nSPS) is 45.5. The topological polar surface area (TPSA) is 35.2 Å². The quantitative estimate of drug-likeness (QED) is 0.799. The maximum atomic E-state index is 6.97. The lowest BCUT2D eigenvalue weighted by atomic mass is 9.61. The third-order valence-electron chi connectivity index (χ3n) is 6.40. The maximum Gasteiger partial charge on any atom is 0.0701 e. The van der Waals surface area contributed by atoms with Crippen molar-refractivity contribution >= 4 is 11.8 Å². The van der Waals surface area contributed by atoms with E-state index in [9.17, 15) is 0 Å². The van der Waals surface area contributed by atoms with Crippen molar-refractivity contribution in [1.29, 1.82) is 0 Å². The Morgan fingerprint density at radius 2 is 1.85 bits per heavy atom. The van der Waals surface area contributed by atoms with Gasteiger partial charge in [-0.15, -0.1) is 0 Å². The highest BCUT2D eigenvalue weighted by Gasteiger charge is 2.48. The Morgan fingerprint density at radius 1 is 1.10 bits per heavy atom. The van der Waals surface area contributed by atoms with Crippen LogP contribution in [0.15, 0.2) is 0 Å². The zero-order chi connectivity index (χ0) is 14.2. The number of rotatable bonds is 1. The monoisotopic (exact) mass is 297 g/mol. The van der Waals surface area contributed by atoms with Crippen molar-refractivity contribution in [3.8, 4) is 0 Å². The highest BCUT2D eigenvalue weighted by Crippen LogP contribution is 2.48. The van der Waals surface area contributed by atoms with Crippen LogP contribution in [0.3, 0.4) is 0 Å². The summed E-state index contributed by atoms with van der Waals surface area (Å²) in [6.45, 7) is 5.73. The Balaban J connectivity index is 1.72. The molecule has 2 N–H and O–H groups in total. The van der Waals surface area contributed by atoms with Gasteiger partial charge in [-0.1, -0.05) is 13.8 Å². The van der Waals surface area contributed by atoms with E-state index in [-0.39, 0.29) is 11.1 Å². The van der Waals surface area contributed by atoms with Crippen LogP contribution in [0.1, 0.15) is 58.8 Å². The van der Waals surface area contributed by atoms with Gasteiger partial charge in [-0.2, -0.15) is 11.8 Å². The zero-order valence-corrected chi connectivity index (χ0v) is 14.0. The van der Waals surface area contributed by atoms with Gasteiger partial charge in [-0.25, -0.2) is 0 Å². The number of ether oxygens (including phenoxy) is 1. The molecule has 1 aliphatic carbocycles. The predicted molar refractivity (Wildman–Crippen MR) is 87.1 cm³/mol. The summed E-state index contributed by atoms with van der Waals surface area (Å²) in [6.07, 6.45) is 8.76. The van der Waals surface area contributed by atoms with E-state index in [0.29, 0.717) is 11.8 Å². The fourth-order valence-electron chi connectivity index (χ4n) is 4.87. The average molecular weight is 298 g/mol. The molecule has 2 heterocycles. The van der Waals surface area contributed by atoms with Crippen molar-refractivity contribution in [2.45, 2.75) is 69.9 Å². The van der Waals surface area contributed by atoms with Gasteiger partial charge in [0.25, 0.3) is 0 Å². The van der Waals surface area contributed by atoms with Crippen molar-refractivity contribution in [2.24, 2.45) is 23.5 Å². The zero-order valence-electron chi connectivity index (χ0n) is 13.2. The Hall–Kier alpha value is 0.270. The van der Waals surface area contributed by atoms with Gasteiger partial charge in [-0.05, 0) is 74.2 Å². The first-order valence-corrected chi connectivity index (χ1v) is 9.70. The molecule has 3 fully saturated rings. The second-order valence-corrected chi connectivity index (χ2v) is 8.95. The first-order valence-electron chi connectivity index (χ1n) is 8.55. The predicted octanol–water partition coefficient (Wildman–Crippen LogP) is 3.83. The van der Waals surface area contributed by atoms with Gasteiger partial charge in [-0.3, -0.25) is 0 Å². The standard InChI is InChI=1S/C17H31NOS/c1-13-3-5-17(18,14(2)11-13)15-4-8-19-16(12-15)6-9-20-10-7-16/h13-15H,3-12,18H2,1-2H3. The van der Waals surface area contributed by atoms with Crippen LogP contribution in [0.5, 0.6) is 0 Å². The largest absolute Gasteiger partial charge is 0.375 e. The van der Waals surface area contributed by atoms with Crippen LogP contribution >= 0.6 is 11.8 Å². The summed E-state index contributed by atoms with van der Waals surface area (Å²) < 4.78 is 6.26. The van der Waals surface area contributed by atoms with E-state index >= 15 is 0 Å². The van der Waals surface area contributed by atoms with Gasteiger partial charge in [0.1, 0.15) is 0 Å². The highest BCUT2D eigenvalue weighted by molar-refractivity contribution is 7.99. The van der Waals surface area contributed by atoms with Gasteiger partial charge in [0.15, 0.2) is 0 Å². The van der Waals surface area contributed by atoms with E-state index in [2.05, 4.69) is 25.6 Å². The van der Waals surface area contributed by atoms with Gasteiger partial charge in [0.05, 0.1) is 5.60 Å². The number of hydrogen-bond acceptors (Lipinski definition) is 3. The smallest absolute Gasteiger partial charge is 0.0701 e. The molecule has 0 radical (unpaired) electrons. The second-order valence-electron chi connectivity index (χ2n) is 7.73. The maximum absolute atomic E-state index is 6.97. The molecule has 116 valence electrons. The summed E-state index contributed by atoms with van der Waals surface area (Å²) in [4.78, 5) is 0. The molecular weight excluding hydrogens is 266 g/mol. The van der Waals surface area contributed by atoms with E-state index in [1.54, 1.807) is 0 Å². The van der Waals surface area contributed by atoms with Crippen molar-refractivity contribution in [3.05, 3.63) is 0 Å². The molecule has 0 amide bonds. The third kappa shape index (κ3) is 2.78. The van der Waals surface area contributed by atoms with Crippen LogP contribution in [0.2, 0.25) is 0 Å². The Labute approximate surface area is 128 Å². The molecule has 0 aromatic heterocycles. The highest BCUT2D eigenvalue weighted by atomic mass is 32.2. The first kappa shape index (κ1) is 15.2. The fourth-order valence-corrected chi connectivity index (χ4v) is 6.11. The minimum absolute atomic E-state index is 0.0773. The molecule has 0 aromatic carbocycles. The summed E-state index contributed by atoms with van der Waals surface area (Å²) >= 11 is 2.09. The summed E-state index contributed by atoms with van der Waals surface area (Å²) in [5.41, 5.74) is 7.23. The lowest BCUT2D eigenvalue weighted by Crippen LogP contribution is -2.59. The number of thioether (sulfide) groups is 1.